The molecule has 3 heteroatoms. The van der Waals surface area contributed by atoms with E-state index in [-0.39, 0.29) is 37.1 Å². The van der Waals surface area contributed by atoms with Gasteiger partial charge in [0.1, 0.15) is 0 Å². The third-order valence-electron chi connectivity index (χ3n) is 7.95. The van der Waals surface area contributed by atoms with Crippen molar-refractivity contribution in [1.29, 1.82) is 0 Å². The van der Waals surface area contributed by atoms with Crippen LogP contribution in [0.5, 0.6) is 0 Å². The maximum absolute atomic E-state index is 5.91. The maximum atomic E-state index is 5.91. The van der Waals surface area contributed by atoms with E-state index in [0.29, 0.717) is 0 Å². The molecule has 207 valence electrons. The zero-order chi connectivity index (χ0) is 27.2. The van der Waals surface area contributed by atoms with Crippen LogP contribution in [0, 0.1) is 29.6 Å². The van der Waals surface area contributed by atoms with Gasteiger partial charge in [-0.2, -0.15) is 0 Å². The number of benzene rings is 4. The summed E-state index contributed by atoms with van der Waals surface area (Å²) in [5.74, 6) is 7.34. The van der Waals surface area contributed by atoms with E-state index in [1.807, 2.05) is 0 Å². The van der Waals surface area contributed by atoms with E-state index >= 15 is 0 Å². The average molecular weight is 651 g/mol. The van der Waals surface area contributed by atoms with Crippen LogP contribution >= 0.6 is 0 Å². The second-order valence-electron chi connectivity index (χ2n) is 10.1. The summed E-state index contributed by atoms with van der Waals surface area (Å²) in [6.45, 7) is 13.2. The Morgan fingerprint density at radius 1 is 0.525 bits per heavy atom. The normalized spacial score (nSPS) is 15.5. The fraction of sp³-hybridized carbons (Fsp3) is 0.216. The zero-order valence-electron chi connectivity index (χ0n) is 24.2. The second kappa shape index (κ2) is 16.0. The molecule has 0 nitrogen and oxygen atoms in total. The van der Waals surface area contributed by atoms with Gasteiger partial charge < -0.3 is 25.0 Å². The van der Waals surface area contributed by atoms with Crippen molar-refractivity contribution in [3.63, 3.8) is 0 Å². The molecule has 1 fully saturated rings. The van der Waals surface area contributed by atoms with Gasteiger partial charge in [0.15, 0.2) is 0 Å². The molecule has 5 rings (SSSR count). The molecule has 1 atom stereocenters. The summed E-state index contributed by atoms with van der Waals surface area (Å²) < 4.78 is 0. The second-order valence-corrected chi connectivity index (χ2v) is 10.7. The van der Waals surface area contributed by atoms with E-state index in [2.05, 4.69) is 145 Å². The summed E-state index contributed by atoms with van der Waals surface area (Å²) in [5, 5.41) is 0.0707. The van der Waals surface area contributed by atoms with E-state index in [0.717, 1.165) is 6.42 Å². The van der Waals surface area contributed by atoms with Crippen LogP contribution in [0.25, 0.3) is 33.4 Å². The molecule has 1 aliphatic rings. The Kier molecular flexibility index (Phi) is 13.7. The number of hydrogen-bond acceptors (Lipinski definition) is 1. The molecule has 4 aromatic rings. The first kappa shape index (κ1) is 34.3. The predicted octanol–water partition coefficient (Wildman–Crippen LogP) is 7.66. The molecule has 1 aliphatic carbocycles. The molecule has 0 unspecified atom stereocenters. The molecule has 0 aromatic heterocycles. The van der Waals surface area contributed by atoms with E-state index in [1.54, 1.807) is 0 Å². The first-order valence-electron chi connectivity index (χ1n) is 13.5. The number of rotatable bonds is 5. The first-order valence-corrected chi connectivity index (χ1v) is 14.0. The molecule has 0 heterocycles. The Bertz CT molecular complexity index is 1250. The third kappa shape index (κ3) is 7.70. The molecule has 5 radical (unpaired) electrons. The molecule has 0 spiro atoms. The molecular formula is C37H38ClRuS. The number of hydrogen-bond donors (Lipinski definition) is 0. The minimum atomic E-state index is 0. The molecule has 1 saturated carbocycles. The smallest absolute Gasteiger partial charge is 1.00 e. The van der Waals surface area contributed by atoms with Crippen molar-refractivity contribution in [3.05, 3.63) is 138 Å². The van der Waals surface area contributed by atoms with Gasteiger partial charge in [0.25, 0.3) is 0 Å². The third-order valence-corrected chi connectivity index (χ3v) is 8.54. The summed E-state index contributed by atoms with van der Waals surface area (Å²) in [6, 6.07) is 36.5. The molecular weight excluding hydrogens is 613 g/mol. The number of halogens is 1. The molecule has 0 saturated heterocycles. The van der Waals surface area contributed by atoms with Crippen molar-refractivity contribution < 1.29 is 31.9 Å². The van der Waals surface area contributed by atoms with Crippen LogP contribution in [0.4, 0.5) is 0 Å². The van der Waals surface area contributed by atoms with Crippen LogP contribution in [0.15, 0.2) is 103 Å². The van der Waals surface area contributed by atoms with Crippen LogP contribution < -0.4 is 12.4 Å². The van der Waals surface area contributed by atoms with E-state index in [4.69, 9.17) is 12.6 Å². The van der Waals surface area contributed by atoms with Gasteiger partial charge in [-0.15, -0.1) is 5.25 Å². The summed E-state index contributed by atoms with van der Waals surface area (Å²) >= 11 is 5.91. The van der Waals surface area contributed by atoms with Crippen molar-refractivity contribution in [1.82, 2.24) is 0 Å². The average Bonchev–Trinajstić information content (AvgIpc) is 3.15. The molecule has 0 amide bonds. The van der Waals surface area contributed by atoms with Gasteiger partial charge in [-0.25, -0.2) is 0 Å². The van der Waals surface area contributed by atoms with Gasteiger partial charge in [-0.1, -0.05) is 151 Å². The van der Waals surface area contributed by atoms with Gasteiger partial charge in [0.05, 0.1) is 0 Å². The summed E-state index contributed by atoms with van der Waals surface area (Å²) in [4.78, 5) is 0. The minimum Gasteiger partial charge on any atom is -1.00 e. The van der Waals surface area contributed by atoms with Crippen LogP contribution in [0.1, 0.15) is 58.8 Å². The summed E-state index contributed by atoms with van der Waals surface area (Å²) in [7, 11) is 0. The van der Waals surface area contributed by atoms with Gasteiger partial charge in [0.2, 0.25) is 0 Å². The molecule has 40 heavy (non-hydrogen) atoms. The van der Waals surface area contributed by atoms with Crippen molar-refractivity contribution in [2.45, 2.75) is 53.2 Å². The minimum absolute atomic E-state index is 0. The van der Waals surface area contributed by atoms with E-state index in [1.165, 1.54) is 68.5 Å². The molecule has 4 aromatic carbocycles. The summed E-state index contributed by atoms with van der Waals surface area (Å²) in [5.41, 5.74) is 8.62. The molecule has 0 bridgehead atoms. The topological polar surface area (TPSA) is 0 Å². The molecule has 0 aliphatic heterocycles. The Balaban J connectivity index is 0.000000399. The van der Waals surface area contributed by atoms with Crippen LogP contribution in [0.3, 0.4) is 0 Å². The quantitative estimate of drug-likeness (QED) is 0.158. The predicted molar refractivity (Wildman–Crippen MR) is 168 cm³/mol. The van der Waals surface area contributed by atoms with Crippen molar-refractivity contribution in [2.75, 3.05) is 0 Å². The van der Waals surface area contributed by atoms with Crippen molar-refractivity contribution in [3.8, 4) is 33.4 Å². The zero-order valence-corrected chi connectivity index (χ0v) is 27.5. The first-order chi connectivity index (χ1) is 18.3. The van der Waals surface area contributed by atoms with Gasteiger partial charge in [-0.3, -0.25) is 0 Å². The van der Waals surface area contributed by atoms with Crippen LogP contribution in [0.2, 0.25) is 0 Å². The van der Waals surface area contributed by atoms with Crippen LogP contribution in [-0.4, -0.2) is 0 Å². The fourth-order valence-corrected chi connectivity index (χ4v) is 5.30. The van der Waals surface area contributed by atoms with Crippen molar-refractivity contribution >= 4 is 12.6 Å². The van der Waals surface area contributed by atoms with Crippen molar-refractivity contribution in [2.24, 2.45) is 0 Å². The van der Waals surface area contributed by atoms with E-state index in [9.17, 15) is 0 Å². The largest absolute Gasteiger partial charge is 2.00 e. The fourth-order valence-electron chi connectivity index (χ4n) is 5.11. The SMILES string of the molecule is CC[C@@H]([S-])c1cc(-c2ccccc2)cc(-c2ccccc2)c1-c1ccccc1.C[C]1[C](C)[C](C)[C](C)[C]1C.[Cl-].[Ru+2]. The van der Waals surface area contributed by atoms with Crippen LogP contribution in [-0.2, 0) is 32.1 Å². The maximum Gasteiger partial charge on any atom is 2.00 e. The van der Waals surface area contributed by atoms with Gasteiger partial charge in [-0.05, 0) is 69.0 Å². The Morgan fingerprint density at radius 3 is 1.30 bits per heavy atom. The van der Waals surface area contributed by atoms with E-state index < -0.39 is 0 Å². The van der Waals surface area contributed by atoms with Gasteiger partial charge in [0, 0.05) is 0 Å². The Morgan fingerprint density at radius 2 is 0.900 bits per heavy atom. The monoisotopic (exact) mass is 651 g/mol. The Hall–Kier alpha value is -1.86. The standard InChI is InChI=1S/C27H24S.C10H15.ClH.Ru/c1-2-26(28)25-19-23(20-12-6-3-7-13-20)18-24(21-14-8-4-9-15-21)27(25)22-16-10-5-11-17-22;1-6-7(2)9(4)10(5)8(6)3;;/h3-19,26,28H,2H2,1H3;1-5H3;1H;/q;;;+2/p-2/t26-;;;/m1.../s1. The Labute approximate surface area is 268 Å². The summed E-state index contributed by atoms with van der Waals surface area (Å²) in [6.07, 6.45) is 0.932. The van der Waals surface area contributed by atoms with Gasteiger partial charge >= 0.3 is 19.5 Å². The molecule has 0 N–H and O–H groups in total.